The smallest absolute Gasteiger partial charge is 0.243 e. The molecule has 0 saturated carbocycles. The maximum absolute atomic E-state index is 13.2. The van der Waals surface area contributed by atoms with Crippen molar-refractivity contribution >= 4 is 27.5 Å². The zero-order valence-corrected chi connectivity index (χ0v) is 16.6. The number of benzene rings is 2. The van der Waals surface area contributed by atoms with Gasteiger partial charge < -0.3 is 4.90 Å². The van der Waals surface area contributed by atoms with Crippen LogP contribution in [0.5, 0.6) is 0 Å². The minimum Gasteiger partial charge on any atom is -0.342 e. The Kier molecular flexibility index (Phi) is 6.52. The van der Waals surface area contributed by atoms with E-state index in [4.69, 9.17) is 11.6 Å². The lowest BCUT2D eigenvalue weighted by atomic mass is 10.1. The summed E-state index contributed by atoms with van der Waals surface area (Å²) in [7, 11) is -3.85. The van der Waals surface area contributed by atoms with Gasteiger partial charge in [-0.15, -0.1) is 0 Å². The number of carbonyl (C=O) groups excluding carboxylic acids is 1. The predicted octanol–water partition coefficient (Wildman–Crippen LogP) is 3.54. The van der Waals surface area contributed by atoms with E-state index in [1.54, 1.807) is 17.0 Å². The van der Waals surface area contributed by atoms with Gasteiger partial charge in [-0.05, 0) is 43.0 Å². The Morgan fingerprint density at radius 1 is 1.00 bits per heavy atom. The second-order valence-electron chi connectivity index (χ2n) is 6.66. The van der Waals surface area contributed by atoms with Crippen LogP contribution in [0.4, 0.5) is 0 Å². The van der Waals surface area contributed by atoms with Crippen LogP contribution in [-0.4, -0.2) is 43.2 Å². The normalized spacial score (nSPS) is 15.1. The van der Waals surface area contributed by atoms with Crippen LogP contribution < -0.4 is 0 Å². The SMILES string of the molecule is O=C(CN(Cc1ccccc1)S(=O)(=O)c1cccc(Cl)c1)N1CCCCC1. The molecular weight excluding hydrogens is 384 g/mol. The topological polar surface area (TPSA) is 57.7 Å². The summed E-state index contributed by atoms with van der Waals surface area (Å²) in [5, 5.41) is 0.345. The van der Waals surface area contributed by atoms with Gasteiger partial charge >= 0.3 is 0 Å². The summed E-state index contributed by atoms with van der Waals surface area (Å²) >= 11 is 5.99. The van der Waals surface area contributed by atoms with E-state index in [9.17, 15) is 13.2 Å². The number of nitrogens with zero attached hydrogens (tertiary/aromatic N) is 2. The quantitative estimate of drug-likeness (QED) is 0.737. The van der Waals surface area contributed by atoms with Crippen molar-refractivity contribution in [2.24, 2.45) is 0 Å². The number of amides is 1. The van der Waals surface area contributed by atoms with Gasteiger partial charge in [0.15, 0.2) is 0 Å². The van der Waals surface area contributed by atoms with E-state index in [1.165, 1.54) is 16.4 Å². The molecule has 5 nitrogen and oxygen atoms in total. The number of hydrogen-bond donors (Lipinski definition) is 0. The zero-order valence-electron chi connectivity index (χ0n) is 15.1. The summed E-state index contributed by atoms with van der Waals surface area (Å²) in [5.41, 5.74) is 0.828. The Morgan fingerprint density at radius 2 is 1.70 bits per heavy atom. The van der Waals surface area contributed by atoms with Crippen molar-refractivity contribution in [3.05, 3.63) is 65.2 Å². The standard InChI is InChI=1S/C20H23ClN2O3S/c21-18-10-7-11-19(14-18)27(25,26)23(15-17-8-3-1-4-9-17)16-20(24)22-12-5-2-6-13-22/h1,3-4,7-11,14H,2,5-6,12-13,15-16H2. The van der Waals surface area contributed by atoms with Crippen molar-refractivity contribution in [3.8, 4) is 0 Å². The lowest BCUT2D eigenvalue weighted by molar-refractivity contribution is -0.132. The van der Waals surface area contributed by atoms with Crippen molar-refractivity contribution < 1.29 is 13.2 Å². The summed E-state index contributed by atoms with van der Waals surface area (Å²) in [6, 6.07) is 15.4. The highest BCUT2D eigenvalue weighted by molar-refractivity contribution is 7.89. The molecule has 2 aromatic carbocycles. The summed E-state index contributed by atoms with van der Waals surface area (Å²) in [4.78, 5) is 14.6. The third-order valence-electron chi connectivity index (χ3n) is 4.66. The van der Waals surface area contributed by atoms with Crippen LogP contribution in [0.3, 0.4) is 0 Å². The number of piperidine rings is 1. The Bertz CT molecular complexity index is 881. The highest BCUT2D eigenvalue weighted by Gasteiger charge is 2.29. The van der Waals surface area contributed by atoms with Crippen LogP contribution >= 0.6 is 11.6 Å². The van der Waals surface area contributed by atoms with Crippen LogP contribution in [0.1, 0.15) is 24.8 Å². The zero-order chi connectivity index (χ0) is 19.3. The Balaban J connectivity index is 1.87. The van der Waals surface area contributed by atoms with Gasteiger partial charge in [0, 0.05) is 24.7 Å². The Morgan fingerprint density at radius 3 is 2.37 bits per heavy atom. The van der Waals surface area contributed by atoms with Crippen molar-refractivity contribution in [3.63, 3.8) is 0 Å². The number of hydrogen-bond acceptors (Lipinski definition) is 3. The molecule has 1 amide bonds. The molecule has 0 aliphatic carbocycles. The molecule has 0 spiro atoms. The van der Waals surface area contributed by atoms with E-state index < -0.39 is 10.0 Å². The number of sulfonamides is 1. The van der Waals surface area contributed by atoms with Crippen LogP contribution in [-0.2, 0) is 21.4 Å². The first-order valence-corrected chi connectivity index (χ1v) is 10.9. The van der Waals surface area contributed by atoms with Crippen LogP contribution in [0.25, 0.3) is 0 Å². The molecule has 1 heterocycles. The van der Waals surface area contributed by atoms with Gasteiger partial charge in [0.1, 0.15) is 0 Å². The summed E-state index contributed by atoms with van der Waals surface area (Å²) < 4.78 is 27.6. The molecular formula is C20H23ClN2O3S. The monoisotopic (exact) mass is 406 g/mol. The molecule has 3 rings (SSSR count). The van der Waals surface area contributed by atoms with Gasteiger partial charge in [-0.2, -0.15) is 4.31 Å². The molecule has 0 atom stereocenters. The van der Waals surface area contributed by atoms with E-state index in [1.807, 2.05) is 30.3 Å². The van der Waals surface area contributed by atoms with E-state index in [0.717, 1.165) is 24.8 Å². The van der Waals surface area contributed by atoms with E-state index >= 15 is 0 Å². The Labute approximate surface area is 165 Å². The minimum atomic E-state index is -3.85. The lowest BCUT2D eigenvalue weighted by Gasteiger charge is -2.29. The molecule has 0 N–H and O–H groups in total. The molecule has 0 aromatic heterocycles. The third-order valence-corrected chi connectivity index (χ3v) is 6.68. The van der Waals surface area contributed by atoms with Gasteiger partial charge in [0.25, 0.3) is 0 Å². The average molecular weight is 407 g/mol. The first-order valence-electron chi connectivity index (χ1n) is 9.04. The number of likely N-dealkylation sites (tertiary alicyclic amines) is 1. The highest BCUT2D eigenvalue weighted by atomic mass is 35.5. The number of rotatable bonds is 6. The molecule has 2 aromatic rings. The summed E-state index contributed by atoms with van der Waals surface area (Å²) in [5.74, 6) is -0.156. The minimum absolute atomic E-state index is 0.0948. The van der Waals surface area contributed by atoms with E-state index in [-0.39, 0.29) is 23.9 Å². The molecule has 1 saturated heterocycles. The van der Waals surface area contributed by atoms with Gasteiger partial charge in [0.05, 0.1) is 11.4 Å². The molecule has 27 heavy (non-hydrogen) atoms. The van der Waals surface area contributed by atoms with Crippen LogP contribution in [0.2, 0.25) is 5.02 Å². The molecule has 144 valence electrons. The van der Waals surface area contributed by atoms with Gasteiger partial charge in [0.2, 0.25) is 15.9 Å². The van der Waals surface area contributed by atoms with Crippen LogP contribution in [0.15, 0.2) is 59.5 Å². The molecule has 0 bridgehead atoms. The first kappa shape index (κ1) is 19.9. The predicted molar refractivity (Wildman–Crippen MR) is 106 cm³/mol. The second-order valence-corrected chi connectivity index (χ2v) is 9.03. The van der Waals surface area contributed by atoms with Crippen molar-refractivity contribution in [1.82, 2.24) is 9.21 Å². The van der Waals surface area contributed by atoms with Crippen molar-refractivity contribution in [1.29, 1.82) is 0 Å². The summed E-state index contributed by atoms with van der Waals surface area (Å²) in [6.45, 7) is 1.34. The molecule has 1 aliphatic heterocycles. The van der Waals surface area contributed by atoms with E-state index in [2.05, 4.69) is 0 Å². The molecule has 1 aliphatic rings. The summed E-state index contributed by atoms with van der Waals surface area (Å²) in [6.07, 6.45) is 3.04. The van der Waals surface area contributed by atoms with Gasteiger partial charge in [-0.25, -0.2) is 8.42 Å². The number of carbonyl (C=O) groups is 1. The highest BCUT2D eigenvalue weighted by Crippen LogP contribution is 2.22. The van der Waals surface area contributed by atoms with Crippen molar-refractivity contribution in [2.45, 2.75) is 30.7 Å². The lowest BCUT2D eigenvalue weighted by Crippen LogP contribution is -2.44. The van der Waals surface area contributed by atoms with Crippen molar-refractivity contribution in [2.75, 3.05) is 19.6 Å². The van der Waals surface area contributed by atoms with Gasteiger partial charge in [-0.3, -0.25) is 4.79 Å². The maximum atomic E-state index is 13.2. The fourth-order valence-electron chi connectivity index (χ4n) is 3.18. The molecule has 0 unspecified atom stereocenters. The maximum Gasteiger partial charge on any atom is 0.243 e. The second kappa shape index (κ2) is 8.87. The Hall–Kier alpha value is -1.89. The van der Waals surface area contributed by atoms with Gasteiger partial charge in [-0.1, -0.05) is 48.0 Å². The fourth-order valence-corrected chi connectivity index (χ4v) is 4.86. The van der Waals surface area contributed by atoms with E-state index in [0.29, 0.717) is 18.1 Å². The van der Waals surface area contributed by atoms with Crippen LogP contribution in [0, 0.1) is 0 Å². The third kappa shape index (κ3) is 5.09. The fraction of sp³-hybridized carbons (Fsp3) is 0.350. The molecule has 0 radical (unpaired) electrons. The molecule has 1 fully saturated rings. The average Bonchev–Trinajstić information content (AvgIpc) is 2.69. The largest absolute Gasteiger partial charge is 0.342 e. The molecule has 7 heteroatoms. The number of halogens is 1. The first-order chi connectivity index (χ1) is 13.0.